The molecule has 0 atom stereocenters. The average Bonchev–Trinajstić information content (AvgIpc) is 3.30. The molecule has 0 unspecified atom stereocenters. The van der Waals surface area contributed by atoms with Crippen LogP contribution in [-0.2, 0) is 43.0 Å². The molecule has 0 fully saturated rings. The molecule has 0 aromatic heterocycles. The van der Waals surface area contributed by atoms with Crippen LogP contribution >= 0.6 is 0 Å². The van der Waals surface area contributed by atoms with Gasteiger partial charge < -0.3 is 29.7 Å². The van der Waals surface area contributed by atoms with E-state index < -0.39 is 23.3 Å². The van der Waals surface area contributed by atoms with E-state index in [9.17, 15) is 33.6 Å². The minimum absolute atomic E-state index is 0.00522. The van der Waals surface area contributed by atoms with Gasteiger partial charge in [0.25, 0.3) is 11.8 Å². The Morgan fingerprint density at radius 3 is 2.04 bits per heavy atom. The van der Waals surface area contributed by atoms with Crippen LogP contribution in [0.1, 0.15) is 47.5 Å². The van der Waals surface area contributed by atoms with E-state index in [-0.39, 0.29) is 95.4 Å². The van der Waals surface area contributed by atoms with Gasteiger partial charge in [0, 0.05) is 79.4 Å². The summed E-state index contributed by atoms with van der Waals surface area (Å²) in [5, 5.41) is 5.15. The highest BCUT2D eigenvalue weighted by atomic mass is 16.6. The van der Waals surface area contributed by atoms with E-state index in [4.69, 9.17) is 14.2 Å². The van der Waals surface area contributed by atoms with Crippen LogP contribution in [-0.4, -0.2) is 117 Å². The molecule has 0 saturated heterocycles. The van der Waals surface area contributed by atoms with Crippen LogP contribution in [0.25, 0.3) is 0 Å². The maximum absolute atomic E-state index is 12.9. The predicted octanol–water partition coefficient (Wildman–Crippen LogP) is 0.857. The van der Waals surface area contributed by atoms with Crippen molar-refractivity contribution in [1.82, 2.24) is 20.4 Å². The molecule has 2 rings (SSSR count). The minimum atomic E-state index is -0.861. The number of carbonyl (C=O) groups is 7. The second-order valence-corrected chi connectivity index (χ2v) is 11.3. The summed E-state index contributed by atoms with van der Waals surface area (Å²) in [4.78, 5) is 87.4. The smallest absolute Gasteiger partial charge is 0.407 e. The van der Waals surface area contributed by atoms with Gasteiger partial charge in [-0.15, -0.1) is 0 Å². The number of ether oxygens (including phenoxy) is 3. The van der Waals surface area contributed by atoms with Gasteiger partial charge >= 0.3 is 6.09 Å². The van der Waals surface area contributed by atoms with Crippen molar-refractivity contribution in [1.29, 1.82) is 0 Å². The third kappa shape index (κ3) is 11.0. The van der Waals surface area contributed by atoms with Gasteiger partial charge in [0.1, 0.15) is 6.61 Å². The van der Waals surface area contributed by atoms with Crippen molar-refractivity contribution in [2.45, 2.75) is 47.5 Å². The number of rotatable bonds is 18. The van der Waals surface area contributed by atoms with Crippen molar-refractivity contribution < 1.29 is 47.8 Å². The average molecular weight is 633 g/mol. The molecular formula is C31H44N4O10. The van der Waals surface area contributed by atoms with E-state index in [0.29, 0.717) is 22.3 Å². The van der Waals surface area contributed by atoms with Crippen molar-refractivity contribution in [3.8, 4) is 0 Å². The molecule has 0 radical (unpaired) electrons. The summed E-state index contributed by atoms with van der Waals surface area (Å²) < 4.78 is 15.8. The van der Waals surface area contributed by atoms with E-state index in [2.05, 4.69) is 10.6 Å². The topological polar surface area (TPSA) is 178 Å². The first-order valence-corrected chi connectivity index (χ1v) is 14.8. The number of likely N-dealkylation sites (N-methyl/N-ethyl adjacent to an activating group) is 1. The summed E-state index contributed by atoms with van der Waals surface area (Å²) in [6, 6.07) is 0. The lowest BCUT2D eigenvalue weighted by molar-refractivity contribution is -0.137. The second-order valence-electron chi connectivity index (χ2n) is 11.3. The number of carbonyl (C=O) groups excluding carboxylic acids is 7. The predicted molar refractivity (Wildman–Crippen MR) is 162 cm³/mol. The molecule has 2 aliphatic rings. The molecule has 14 nitrogen and oxygen atoms in total. The van der Waals surface area contributed by atoms with Gasteiger partial charge in [0.2, 0.25) is 11.8 Å². The number of amides is 5. The van der Waals surface area contributed by atoms with Crippen molar-refractivity contribution >= 4 is 41.3 Å². The van der Waals surface area contributed by atoms with Crippen LogP contribution in [0.2, 0.25) is 0 Å². The Labute approximate surface area is 263 Å². The summed E-state index contributed by atoms with van der Waals surface area (Å²) in [5.41, 5.74) is 0.682. The summed E-state index contributed by atoms with van der Waals surface area (Å²) in [6.07, 6.45) is 1.82. The maximum Gasteiger partial charge on any atom is 0.407 e. The van der Waals surface area contributed by atoms with Gasteiger partial charge in [-0.25, -0.2) is 4.79 Å². The highest BCUT2D eigenvalue weighted by molar-refractivity contribution is 6.25. The molecular weight excluding hydrogens is 588 g/mol. The van der Waals surface area contributed by atoms with Crippen LogP contribution in [0.5, 0.6) is 0 Å². The summed E-state index contributed by atoms with van der Waals surface area (Å²) >= 11 is 0. The number of alkyl carbamates (subject to hydrolysis) is 1. The van der Waals surface area contributed by atoms with E-state index in [1.165, 1.54) is 17.1 Å². The third-order valence-corrected chi connectivity index (χ3v) is 7.46. The number of Topliss-reactive ketones (excluding diaryl/α,β-unsaturated/α-hetero) is 2. The maximum atomic E-state index is 12.9. The molecule has 0 saturated carbocycles. The van der Waals surface area contributed by atoms with Crippen molar-refractivity contribution in [3.05, 3.63) is 34.4 Å². The van der Waals surface area contributed by atoms with Crippen molar-refractivity contribution in [2.24, 2.45) is 5.41 Å². The van der Waals surface area contributed by atoms with Crippen LogP contribution in [0.15, 0.2) is 34.4 Å². The van der Waals surface area contributed by atoms with Gasteiger partial charge in [0.05, 0.1) is 33.0 Å². The SMILES string of the molecule is CC1=C(C)C(=O)C(C(C)(C)CC(=O)N(C)CCOC(=O)NCCOCCOCCC(=O)NCCN2C(=O)C=CC2=O)=C(C)C1=O. The molecule has 0 aromatic carbocycles. The normalized spacial score (nSPS) is 15.3. The number of imide groups is 1. The Hall–Kier alpha value is -4.17. The number of nitrogens with zero attached hydrogens (tertiary/aromatic N) is 2. The van der Waals surface area contributed by atoms with Crippen molar-refractivity contribution in [3.63, 3.8) is 0 Å². The molecule has 1 heterocycles. The zero-order chi connectivity index (χ0) is 33.7. The summed E-state index contributed by atoms with van der Waals surface area (Å²) in [6.45, 7) is 9.83. The number of ketones is 2. The molecule has 248 valence electrons. The second kappa shape index (κ2) is 17.4. The highest BCUT2D eigenvalue weighted by Gasteiger charge is 2.38. The number of hydrogen-bond donors (Lipinski definition) is 2. The summed E-state index contributed by atoms with van der Waals surface area (Å²) in [7, 11) is 1.58. The fourth-order valence-corrected chi connectivity index (χ4v) is 4.72. The van der Waals surface area contributed by atoms with E-state index >= 15 is 0 Å². The molecule has 1 aliphatic heterocycles. The van der Waals surface area contributed by atoms with Gasteiger partial charge in [-0.3, -0.25) is 33.7 Å². The Morgan fingerprint density at radius 1 is 0.800 bits per heavy atom. The molecule has 14 heteroatoms. The Balaban J connectivity index is 1.51. The van der Waals surface area contributed by atoms with Crippen LogP contribution in [0.4, 0.5) is 4.79 Å². The monoisotopic (exact) mass is 632 g/mol. The van der Waals surface area contributed by atoms with Crippen LogP contribution in [0.3, 0.4) is 0 Å². The van der Waals surface area contributed by atoms with Gasteiger partial charge in [0.15, 0.2) is 11.6 Å². The van der Waals surface area contributed by atoms with Crippen molar-refractivity contribution in [2.75, 3.05) is 66.3 Å². The molecule has 1 aliphatic carbocycles. The lowest BCUT2D eigenvalue weighted by atomic mass is 9.71. The lowest BCUT2D eigenvalue weighted by Gasteiger charge is -2.32. The fraction of sp³-hybridized carbons (Fsp3) is 0.581. The number of nitrogens with one attached hydrogen (secondary N) is 2. The molecule has 0 aromatic rings. The fourth-order valence-electron chi connectivity index (χ4n) is 4.72. The molecule has 0 bridgehead atoms. The first-order chi connectivity index (χ1) is 21.2. The van der Waals surface area contributed by atoms with Gasteiger partial charge in [-0.05, 0) is 20.8 Å². The number of hydrogen-bond acceptors (Lipinski definition) is 10. The Morgan fingerprint density at radius 2 is 1.40 bits per heavy atom. The van der Waals surface area contributed by atoms with Gasteiger partial charge in [-0.1, -0.05) is 13.8 Å². The molecule has 0 spiro atoms. The van der Waals surface area contributed by atoms with Gasteiger partial charge in [-0.2, -0.15) is 0 Å². The van der Waals surface area contributed by atoms with Crippen LogP contribution < -0.4 is 10.6 Å². The quantitative estimate of drug-likeness (QED) is 0.125. The molecule has 2 N–H and O–H groups in total. The molecule has 45 heavy (non-hydrogen) atoms. The number of allylic oxidation sites excluding steroid dienone is 4. The zero-order valence-corrected chi connectivity index (χ0v) is 26.9. The Kier molecular flexibility index (Phi) is 14.3. The van der Waals surface area contributed by atoms with E-state index in [0.717, 1.165) is 4.90 Å². The third-order valence-electron chi connectivity index (χ3n) is 7.46. The standard InChI is InChI=1S/C31H44N4O10/c1-20-21(2)29(41)27(22(3)28(20)40)31(4,5)19-26(39)34(6)13-16-45-30(42)33-11-15-44-18-17-43-14-9-23(36)32-10-12-35-24(37)7-8-25(35)38/h7-8H,9-19H2,1-6H3,(H,32,36)(H,33,42). The largest absolute Gasteiger partial charge is 0.448 e. The van der Waals surface area contributed by atoms with E-state index in [1.54, 1.807) is 41.7 Å². The first kappa shape index (κ1) is 37.0. The minimum Gasteiger partial charge on any atom is -0.448 e. The Bertz CT molecular complexity index is 1260. The zero-order valence-electron chi connectivity index (χ0n) is 26.9. The molecule has 5 amide bonds. The summed E-state index contributed by atoms with van der Waals surface area (Å²) in [5.74, 6) is -1.72. The highest BCUT2D eigenvalue weighted by Crippen LogP contribution is 2.39. The lowest BCUT2D eigenvalue weighted by Crippen LogP contribution is -2.38. The van der Waals surface area contributed by atoms with E-state index in [1.807, 2.05) is 0 Å². The van der Waals surface area contributed by atoms with Crippen LogP contribution in [0, 0.1) is 5.41 Å². The first-order valence-electron chi connectivity index (χ1n) is 14.8.